The van der Waals surface area contributed by atoms with Gasteiger partial charge in [0.2, 0.25) is 5.91 Å². The number of hydrogen-bond donors (Lipinski definition) is 3. The van der Waals surface area contributed by atoms with E-state index in [2.05, 4.69) is 10.6 Å². The topological polar surface area (TPSA) is 67.2 Å². The van der Waals surface area contributed by atoms with Gasteiger partial charge in [0.25, 0.3) is 0 Å². The third-order valence-electron chi connectivity index (χ3n) is 2.35. The predicted octanol–water partition coefficient (Wildman–Crippen LogP) is 1.27. The lowest BCUT2D eigenvalue weighted by Gasteiger charge is -2.07. The van der Waals surface area contributed by atoms with E-state index in [4.69, 9.17) is 5.73 Å². The standard InChI is InChI=1S/C10H13N3O/c1-6-5-12-8-3-2-7(11)4-9(8)13-10(6)14/h2-4,6,12H,5,11H2,1H3,(H,13,14). The Labute approximate surface area is 82.5 Å². The van der Waals surface area contributed by atoms with E-state index in [9.17, 15) is 4.79 Å². The lowest BCUT2D eigenvalue weighted by Crippen LogP contribution is -2.22. The third kappa shape index (κ3) is 1.51. The average Bonchev–Trinajstić information content (AvgIpc) is 2.27. The Balaban J connectivity index is 2.38. The summed E-state index contributed by atoms with van der Waals surface area (Å²) in [5.41, 5.74) is 7.98. The molecule has 74 valence electrons. The van der Waals surface area contributed by atoms with Crippen LogP contribution < -0.4 is 16.4 Å². The molecule has 1 aliphatic rings. The van der Waals surface area contributed by atoms with Crippen molar-refractivity contribution in [2.45, 2.75) is 6.92 Å². The molecule has 0 saturated carbocycles. The van der Waals surface area contributed by atoms with E-state index in [0.29, 0.717) is 12.2 Å². The van der Waals surface area contributed by atoms with Gasteiger partial charge in [0, 0.05) is 12.2 Å². The van der Waals surface area contributed by atoms with Gasteiger partial charge in [-0.05, 0) is 18.2 Å². The molecule has 1 aromatic rings. The van der Waals surface area contributed by atoms with E-state index in [0.717, 1.165) is 11.4 Å². The molecule has 1 unspecified atom stereocenters. The molecule has 4 N–H and O–H groups in total. The Bertz CT molecular complexity index is 376. The van der Waals surface area contributed by atoms with Crippen LogP contribution in [-0.2, 0) is 4.79 Å². The van der Waals surface area contributed by atoms with Crippen molar-refractivity contribution in [2.75, 3.05) is 22.9 Å². The minimum absolute atomic E-state index is 0.0244. The fourth-order valence-corrected chi connectivity index (χ4v) is 1.43. The summed E-state index contributed by atoms with van der Waals surface area (Å²) < 4.78 is 0. The van der Waals surface area contributed by atoms with Crippen molar-refractivity contribution in [1.29, 1.82) is 0 Å². The molecule has 0 saturated heterocycles. The minimum atomic E-state index is -0.0244. The van der Waals surface area contributed by atoms with E-state index >= 15 is 0 Å². The van der Waals surface area contributed by atoms with Crippen LogP contribution >= 0.6 is 0 Å². The van der Waals surface area contributed by atoms with Crippen molar-refractivity contribution in [3.63, 3.8) is 0 Å². The fraction of sp³-hybridized carbons (Fsp3) is 0.300. The number of carbonyl (C=O) groups is 1. The summed E-state index contributed by atoms with van der Waals surface area (Å²) in [7, 11) is 0. The van der Waals surface area contributed by atoms with Crippen molar-refractivity contribution in [3.05, 3.63) is 18.2 Å². The maximum absolute atomic E-state index is 11.5. The van der Waals surface area contributed by atoms with Gasteiger partial charge < -0.3 is 16.4 Å². The number of nitrogens with two attached hydrogens (primary N) is 1. The van der Waals surface area contributed by atoms with Gasteiger partial charge in [-0.25, -0.2) is 0 Å². The highest BCUT2D eigenvalue weighted by Crippen LogP contribution is 2.27. The number of carbonyl (C=O) groups excluding carboxylic acids is 1. The maximum Gasteiger partial charge on any atom is 0.229 e. The van der Waals surface area contributed by atoms with E-state index in [-0.39, 0.29) is 11.8 Å². The minimum Gasteiger partial charge on any atom is -0.399 e. The molecule has 1 amide bonds. The predicted molar refractivity (Wildman–Crippen MR) is 57.1 cm³/mol. The summed E-state index contributed by atoms with van der Waals surface area (Å²) in [6.07, 6.45) is 0. The molecule has 0 aromatic heterocycles. The summed E-state index contributed by atoms with van der Waals surface area (Å²) in [6.45, 7) is 2.54. The number of amides is 1. The van der Waals surface area contributed by atoms with Gasteiger partial charge >= 0.3 is 0 Å². The van der Waals surface area contributed by atoms with E-state index < -0.39 is 0 Å². The van der Waals surface area contributed by atoms with Gasteiger partial charge in [0.05, 0.1) is 17.3 Å². The van der Waals surface area contributed by atoms with Crippen LogP contribution in [0.3, 0.4) is 0 Å². The summed E-state index contributed by atoms with van der Waals surface area (Å²) in [5, 5.41) is 6.03. The van der Waals surface area contributed by atoms with Gasteiger partial charge in [-0.15, -0.1) is 0 Å². The van der Waals surface area contributed by atoms with Gasteiger partial charge in [-0.2, -0.15) is 0 Å². The monoisotopic (exact) mass is 191 g/mol. The van der Waals surface area contributed by atoms with Crippen molar-refractivity contribution >= 4 is 23.0 Å². The van der Waals surface area contributed by atoms with Crippen LogP contribution in [0.4, 0.5) is 17.1 Å². The molecule has 2 rings (SSSR count). The van der Waals surface area contributed by atoms with Crippen molar-refractivity contribution < 1.29 is 4.79 Å². The van der Waals surface area contributed by atoms with Crippen molar-refractivity contribution in [2.24, 2.45) is 5.92 Å². The Kier molecular flexibility index (Phi) is 2.04. The third-order valence-corrected chi connectivity index (χ3v) is 2.35. The summed E-state index contributed by atoms with van der Waals surface area (Å²) in [4.78, 5) is 11.5. The molecule has 0 radical (unpaired) electrons. The largest absolute Gasteiger partial charge is 0.399 e. The average molecular weight is 191 g/mol. The lowest BCUT2D eigenvalue weighted by molar-refractivity contribution is -0.118. The maximum atomic E-state index is 11.5. The van der Waals surface area contributed by atoms with Crippen LogP contribution in [0.5, 0.6) is 0 Å². The van der Waals surface area contributed by atoms with E-state index in [1.54, 1.807) is 6.07 Å². The van der Waals surface area contributed by atoms with Gasteiger partial charge in [0.15, 0.2) is 0 Å². The molecule has 0 aliphatic carbocycles. The highest BCUT2D eigenvalue weighted by molar-refractivity contribution is 5.97. The number of nitrogen functional groups attached to an aromatic ring is 1. The molecular weight excluding hydrogens is 178 g/mol. The number of anilines is 3. The van der Waals surface area contributed by atoms with Crippen LogP contribution in [0.2, 0.25) is 0 Å². The first-order valence-electron chi connectivity index (χ1n) is 4.61. The van der Waals surface area contributed by atoms with Crippen LogP contribution in [0.25, 0.3) is 0 Å². The fourth-order valence-electron chi connectivity index (χ4n) is 1.43. The molecule has 0 spiro atoms. The van der Waals surface area contributed by atoms with Crippen LogP contribution in [-0.4, -0.2) is 12.5 Å². The molecule has 1 aliphatic heterocycles. The zero-order valence-corrected chi connectivity index (χ0v) is 8.00. The number of benzene rings is 1. The van der Waals surface area contributed by atoms with Gasteiger partial charge in [0.1, 0.15) is 0 Å². The molecule has 1 atom stereocenters. The lowest BCUT2D eigenvalue weighted by atomic mass is 10.2. The van der Waals surface area contributed by atoms with E-state index in [1.807, 2.05) is 19.1 Å². The zero-order chi connectivity index (χ0) is 10.1. The molecule has 4 nitrogen and oxygen atoms in total. The number of nitrogens with one attached hydrogen (secondary N) is 2. The zero-order valence-electron chi connectivity index (χ0n) is 8.00. The second-order valence-corrected chi connectivity index (χ2v) is 3.58. The van der Waals surface area contributed by atoms with Crippen LogP contribution in [0, 0.1) is 5.92 Å². The Morgan fingerprint density at radius 3 is 3.00 bits per heavy atom. The van der Waals surface area contributed by atoms with E-state index in [1.165, 1.54) is 0 Å². The molecule has 4 heteroatoms. The van der Waals surface area contributed by atoms with Crippen molar-refractivity contribution in [1.82, 2.24) is 0 Å². The van der Waals surface area contributed by atoms with Crippen molar-refractivity contribution in [3.8, 4) is 0 Å². The molecule has 1 aromatic carbocycles. The Hall–Kier alpha value is -1.71. The highest BCUT2D eigenvalue weighted by Gasteiger charge is 2.18. The first-order chi connectivity index (χ1) is 6.66. The Morgan fingerprint density at radius 2 is 2.21 bits per heavy atom. The van der Waals surface area contributed by atoms with Crippen LogP contribution in [0.15, 0.2) is 18.2 Å². The Morgan fingerprint density at radius 1 is 1.43 bits per heavy atom. The van der Waals surface area contributed by atoms with Gasteiger partial charge in [-0.3, -0.25) is 4.79 Å². The second kappa shape index (κ2) is 3.21. The highest BCUT2D eigenvalue weighted by atomic mass is 16.1. The molecule has 1 heterocycles. The normalized spacial score (nSPS) is 20.4. The first-order valence-corrected chi connectivity index (χ1v) is 4.61. The number of fused-ring (bicyclic) bond motifs is 1. The molecular formula is C10H13N3O. The summed E-state index contributed by atoms with van der Waals surface area (Å²) in [5.74, 6) is 0.00507. The quantitative estimate of drug-likeness (QED) is 0.541. The van der Waals surface area contributed by atoms with Crippen LogP contribution in [0.1, 0.15) is 6.92 Å². The molecule has 0 fully saturated rings. The summed E-state index contributed by atoms with van der Waals surface area (Å²) >= 11 is 0. The summed E-state index contributed by atoms with van der Waals surface area (Å²) in [6, 6.07) is 5.45. The SMILES string of the molecule is CC1CNc2ccc(N)cc2NC1=O. The smallest absolute Gasteiger partial charge is 0.229 e. The molecule has 14 heavy (non-hydrogen) atoms. The molecule has 0 bridgehead atoms. The first kappa shape index (κ1) is 8.87. The number of rotatable bonds is 0. The second-order valence-electron chi connectivity index (χ2n) is 3.58. The van der Waals surface area contributed by atoms with Gasteiger partial charge in [-0.1, -0.05) is 6.92 Å². The number of hydrogen-bond acceptors (Lipinski definition) is 3.